The van der Waals surface area contributed by atoms with Crippen molar-refractivity contribution in [2.24, 2.45) is 5.73 Å². The second-order valence-corrected chi connectivity index (χ2v) is 4.71. The van der Waals surface area contributed by atoms with Gasteiger partial charge in [-0.05, 0) is 6.92 Å². The summed E-state index contributed by atoms with van der Waals surface area (Å²) in [5, 5.41) is 3.17. The number of nitrogens with zero attached hydrogens (tertiary/aromatic N) is 3. The van der Waals surface area contributed by atoms with Crippen molar-refractivity contribution in [2.45, 2.75) is 13.5 Å². The Morgan fingerprint density at radius 2 is 2.18 bits per heavy atom. The molecule has 0 atom stereocenters. The molecule has 0 bridgehead atoms. The molecule has 5 nitrogen and oxygen atoms in total. The first-order chi connectivity index (χ1) is 8.18. The Balaban J connectivity index is 2.14. The van der Waals surface area contributed by atoms with Crippen molar-refractivity contribution in [1.29, 1.82) is 0 Å². The van der Waals surface area contributed by atoms with Gasteiger partial charge in [0.25, 0.3) is 0 Å². The first kappa shape index (κ1) is 11.9. The van der Waals surface area contributed by atoms with Crippen LogP contribution in [0.25, 0.3) is 0 Å². The van der Waals surface area contributed by atoms with Crippen LogP contribution >= 0.6 is 23.6 Å². The summed E-state index contributed by atoms with van der Waals surface area (Å²) in [7, 11) is 0. The third-order valence-electron chi connectivity index (χ3n) is 2.19. The number of nitrogens with one attached hydrogen (secondary N) is 1. The Morgan fingerprint density at radius 3 is 2.82 bits per heavy atom. The van der Waals surface area contributed by atoms with E-state index >= 15 is 0 Å². The summed E-state index contributed by atoms with van der Waals surface area (Å²) in [6, 6.07) is 0. The minimum Gasteiger partial charge on any atom is -0.388 e. The molecule has 2 rings (SSSR count). The first-order valence-corrected chi connectivity index (χ1v) is 6.21. The molecule has 2 aromatic rings. The van der Waals surface area contributed by atoms with Gasteiger partial charge in [0.2, 0.25) is 0 Å². The highest BCUT2D eigenvalue weighted by atomic mass is 32.1. The normalized spacial score (nSPS) is 10.2. The SMILES string of the molecule is Cc1ncsc1CNc1nccnc1C(N)=S. The van der Waals surface area contributed by atoms with E-state index in [0.29, 0.717) is 18.1 Å². The van der Waals surface area contributed by atoms with Crippen molar-refractivity contribution in [3.8, 4) is 0 Å². The Kier molecular flexibility index (Phi) is 3.60. The molecule has 0 unspecified atom stereocenters. The number of thiazole rings is 1. The molecule has 3 N–H and O–H groups in total. The highest BCUT2D eigenvalue weighted by molar-refractivity contribution is 7.80. The second-order valence-electron chi connectivity index (χ2n) is 3.33. The Morgan fingerprint density at radius 1 is 1.41 bits per heavy atom. The fourth-order valence-electron chi connectivity index (χ4n) is 1.31. The predicted octanol–water partition coefficient (Wildman–Crippen LogP) is 1.49. The van der Waals surface area contributed by atoms with Crippen molar-refractivity contribution in [1.82, 2.24) is 15.0 Å². The van der Waals surface area contributed by atoms with E-state index in [2.05, 4.69) is 20.3 Å². The number of hydrogen-bond acceptors (Lipinski definition) is 6. The van der Waals surface area contributed by atoms with E-state index in [1.807, 2.05) is 12.4 Å². The molecule has 0 spiro atoms. The van der Waals surface area contributed by atoms with Crippen LogP contribution in [0.1, 0.15) is 16.3 Å². The Labute approximate surface area is 108 Å². The molecule has 7 heteroatoms. The Hall–Kier alpha value is -1.60. The molecule has 0 aliphatic carbocycles. The standard InChI is InChI=1S/C10H11N5S2/c1-6-7(17-5-15-6)4-14-10-8(9(11)16)12-2-3-13-10/h2-3,5H,4H2,1H3,(H2,11,16)(H,13,14). The molecule has 0 fully saturated rings. The molecular formula is C10H11N5S2. The number of hydrogen-bond donors (Lipinski definition) is 2. The Bertz CT molecular complexity index is 537. The van der Waals surface area contributed by atoms with Gasteiger partial charge in [0, 0.05) is 17.3 Å². The van der Waals surface area contributed by atoms with Crippen molar-refractivity contribution in [2.75, 3.05) is 5.32 Å². The molecule has 88 valence electrons. The number of nitrogens with two attached hydrogens (primary N) is 1. The number of aromatic nitrogens is 3. The molecule has 0 aromatic carbocycles. The second kappa shape index (κ2) is 5.15. The van der Waals surface area contributed by atoms with Crippen molar-refractivity contribution >= 4 is 34.4 Å². The zero-order chi connectivity index (χ0) is 12.3. The molecule has 0 radical (unpaired) electrons. The lowest BCUT2D eigenvalue weighted by Crippen LogP contribution is -2.16. The molecule has 0 aliphatic rings. The van der Waals surface area contributed by atoms with E-state index in [9.17, 15) is 0 Å². The monoisotopic (exact) mass is 265 g/mol. The van der Waals surface area contributed by atoms with Crippen molar-refractivity contribution in [3.63, 3.8) is 0 Å². The molecule has 0 saturated heterocycles. The average Bonchev–Trinajstić information content (AvgIpc) is 2.72. The maximum absolute atomic E-state index is 5.57. The summed E-state index contributed by atoms with van der Waals surface area (Å²) in [6.07, 6.45) is 3.17. The summed E-state index contributed by atoms with van der Waals surface area (Å²) < 4.78 is 0. The maximum Gasteiger partial charge on any atom is 0.155 e. The van der Waals surface area contributed by atoms with Gasteiger partial charge in [-0.2, -0.15) is 0 Å². The zero-order valence-corrected chi connectivity index (χ0v) is 10.8. The van der Waals surface area contributed by atoms with Gasteiger partial charge in [-0.1, -0.05) is 12.2 Å². The van der Waals surface area contributed by atoms with Crippen LogP contribution < -0.4 is 11.1 Å². The van der Waals surface area contributed by atoms with Crippen LogP contribution in [0.15, 0.2) is 17.9 Å². The van der Waals surface area contributed by atoms with Gasteiger partial charge in [-0.3, -0.25) is 0 Å². The highest BCUT2D eigenvalue weighted by Gasteiger charge is 2.08. The van der Waals surface area contributed by atoms with E-state index in [1.54, 1.807) is 23.7 Å². The van der Waals surface area contributed by atoms with Crippen LogP contribution in [0, 0.1) is 6.92 Å². The first-order valence-electron chi connectivity index (χ1n) is 4.92. The average molecular weight is 265 g/mol. The largest absolute Gasteiger partial charge is 0.388 e. The minimum absolute atomic E-state index is 0.238. The highest BCUT2D eigenvalue weighted by Crippen LogP contribution is 2.15. The number of thiocarbonyl (C=S) groups is 1. The van der Waals surface area contributed by atoms with Gasteiger partial charge < -0.3 is 11.1 Å². The predicted molar refractivity (Wildman–Crippen MR) is 72.1 cm³/mol. The summed E-state index contributed by atoms with van der Waals surface area (Å²) in [6.45, 7) is 2.61. The van der Waals surface area contributed by atoms with Crippen molar-refractivity contribution in [3.05, 3.63) is 34.2 Å². The van der Waals surface area contributed by atoms with Crippen LogP contribution in [0.5, 0.6) is 0 Å². The van der Waals surface area contributed by atoms with Gasteiger partial charge in [0.15, 0.2) is 5.82 Å². The van der Waals surface area contributed by atoms with Gasteiger partial charge in [0.1, 0.15) is 10.7 Å². The fourth-order valence-corrected chi connectivity index (χ4v) is 2.17. The van der Waals surface area contributed by atoms with E-state index in [1.165, 1.54) is 0 Å². The number of anilines is 1. The summed E-state index contributed by atoms with van der Waals surface area (Å²) in [4.78, 5) is 13.8. The quantitative estimate of drug-likeness (QED) is 0.816. The lowest BCUT2D eigenvalue weighted by Gasteiger charge is -2.07. The van der Waals surface area contributed by atoms with Crippen LogP contribution in [-0.4, -0.2) is 19.9 Å². The van der Waals surface area contributed by atoms with E-state index in [0.717, 1.165) is 10.6 Å². The summed E-state index contributed by atoms with van der Waals surface area (Å²) in [5.41, 5.74) is 8.92. The molecule has 0 saturated carbocycles. The zero-order valence-electron chi connectivity index (χ0n) is 9.17. The molecule has 17 heavy (non-hydrogen) atoms. The van der Waals surface area contributed by atoms with Gasteiger partial charge in [-0.15, -0.1) is 11.3 Å². The smallest absolute Gasteiger partial charge is 0.155 e. The fraction of sp³-hybridized carbons (Fsp3) is 0.200. The topological polar surface area (TPSA) is 76.7 Å². The third-order valence-corrected chi connectivity index (χ3v) is 3.32. The van der Waals surface area contributed by atoms with E-state index < -0.39 is 0 Å². The lowest BCUT2D eigenvalue weighted by atomic mass is 10.3. The number of rotatable bonds is 4. The van der Waals surface area contributed by atoms with Crippen LogP contribution in [0.4, 0.5) is 5.82 Å². The van der Waals surface area contributed by atoms with E-state index in [4.69, 9.17) is 18.0 Å². The van der Waals surface area contributed by atoms with Crippen LogP contribution in [0.3, 0.4) is 0 Å². The van der Waals surface area contributed by atoms with Gasteiger partial charge >= 0.3 is 0 Å². The molecule has 0 aliphatic heterocycles. The summed E-state index contributed by atoms with van der Waals surface area (Å²) in [5.74, 6) is 0.604. The molecular weight excluding hydrogens is 254 g/mol. The molecule has 0 amide bonds. The van der Waals surface area contributed by atoms with E-state index in [-0.39, 0.29) is 4.99 Å². The van der Waals surface area contributed by atoms with Crippen molar-refractivity contribution < 1.29 is 0 Å². The molecule has 2 heterocycles. The molecule has 2 aromatic heterocycles. The van der Waals surface area contributed by atoms with Crippen LogP contribution in [0.2, 0.25) is 0 Å². The number of aryl methyl sites for hydroxylation is 1. The van der Waals surface area contributed by atoms with Gasteiger partial charge in [-0.25, -0.2) is 15.0 Å². The minimum atomic E-state index is 0.238. The van der Waals surface area contributed by atoms with Gasteiger partial charge in [0.05, 0.1) is 17.7 Å². The van der Waals surface area contributed by atoms with Crippen LogP contribution in [-0.2, 0) is 6.54 Å². The summed E-state index contributed by atoms with van der Waals surface area (Å²) >= 11 is 6.51. The third kappa shape index (κ3) is 2.75. The lowest BCUT2D eigenvalue weighted by molar-refractivity contribution is 1.07. The maximum atomic E-state index is 5.57.